The molecule has 2 heterocycles. The van der Waals surface area contributed by atoms with Crippen LogP contribution < -0.4 is 5.73 Å². The molecule has 0 atom stereocenters. The highest BCUT2D eigenvalue weighted by atomic mass is 32.2. The van der Waals surface area contributed by atoms with E-state index in [2.05, 4.69) is 4.99 Å². The molecule has 0 radical (unpaired) electrons. The smallest absolute Gasteiger partial charge is 0.255 e. The molecule has 2 aliphatic rings. The summed E-state index contributed by atoms with van der Waals surface area (Å²) in [6.45, 7) is 1.53. The van der Waals surface area contributed by atoms with Crippen LogP contribution in [0.4, 0.5) is 0 Å². The number of hydrogen-bond donors (Lipinski definition) is 1. The molecule has 0 unspecified atom stereocenters. The van der Waals surface area contributed by atoms with Gasteiger partial charge in [0.05, 0.1) is 6.20 Å². The number of rotatable bonds is 0. The molecule has 1 saturated heterocycles. The highest BCUT2D eigenvalue weighted by Gasteiger charge is 2.32. The quantitative estimate of drug-likeness (QED) is 0.618. The zero-order valence-electron chi connectivity index (χ0n) is 7.81. The van der Waals surface area contributed by atoms with Crippen LogP contribution in [0.5, 0.6) is 0 Å². The Labute approximate surface area is 83.2 Å². The first-order valence-corrected chi connectivity index (χ1v) is 6.14. The molecular weight excluding hydrogens is 202 g/mol. The van der Waals surface area contributed by atoms with Crippen molar-refractivity contribution in [3.63, 3.8) is 0 Å². The third kappa shape index (κ3) is 1.39. The van der Waals surface area contributed by atoms with Crippen molar-refractivity contribution in [2.75, 3.05) is 13.1 Å². The van der Waals surface area contributed by atoms with E-state index in [9.17, 15) is 8.42 Å². The molecule has 2 N–H and O–H groups in total. The summed E-state index contributed by atoms with van der Waals surface area (Å²) in [6, 6.07) is 0. The van der Waals surface area contributed by atoms with Crippen LogP contribution in [0, 0.1) is 0 Å². The van der Waals surface area contributed by atoms with Crippen LogP contribution in [-0.4, -0.2) is 31.6 Å². The van der Waals surface area contributed by atoms with Crippen molar-refractivity contribution in [2.24, 2.45) is 10.7 Å². The van der Waals surface area contributed by atoms with Crippen LogP contribution in [0.1, 0.15) is 19.3 Å². The first-order chi connectivity index (χ1) is 6.62. The summed E-state index contributed by atoms with van der Waals surface area (Å²) in [5.74, 6) is 0. The fraction of sp³-hybridized carbons (Fsp3) is 0.625. The van der Waals surface area contributed by atoms with Gasteiger partial charge in [0.1, 0.15) is 0 Å². The lowest BCUT2D eigenvalue weighted by molar-refractivity contribution is 0.346. The summed E-state index contributed by atoms with van der Waals surface area (Å²) in [5, 5.41) is -0.00669. The van der Waals surface area contributed by atoms with Crippen molar-refractivity contribution >= 4 is 15.0 Å². The Morgan fingerprint density at radius 1 is 1.29 bits per heavy atom. The molecule has 2 rings (SSSR count). The van der Waals surface area contributed by atoms with Gasteiger partial charge in [0.15, 0.2) is 5.03 Å². The topological polar surface area (TPSA) is 75.8 Å². The lowest BCUT2D eigenvalue weighted by Crippen LogP contribution is -2.39. The predicted molar refractivity (Wildman–Crippen MR) is 54.0 cm³/mol. The van der Waals surface area contributed by atoms with Crippen LogP contribution in [0.3, 0.4) is 0 Å². The molecule has 5 nitrogen and oxygen atoms in total. The lowest BCUT2D eigenvalue weighted by Gasteiger charge is -2.27. The van der Waals surface area contributed by atoms with Crippen molar-refractivity contribution < 1.29 is 8.42 Å². The fourth-order valence-electron chi connectivity index (χ4n) is 1.70. The Hall–Kier alpha value is -1.04. The SMILES string of the molecule is NC1=CN=C(N2CCCCC2)S1(=O)=O. The molecule has 0 amide bonds. The Balaban J connectivity index is 2.22. The molecule has 0 bridgehead atoms. The van der Waals surface area contributed by atoms with E-state index in [0.29, 0.717) is 0 Å². The van der Waals surface area contributed by atoms with Crippen LogP contribution in [0.15, 0.2) is 16.2 Å². The highest BCUT2D eigenvalue weighted by Crippen LogP contribution is 2.19. The normalized spacial score (nSPS) is 25.9. The zero-order valence-corrected chi connectivity index (χ0v) is 8.63. The maximum absolute atomic E-state index is 11.6. The Morgan fingerprint density at radius 2 is 1.93 bits per heavy atom. The minimum Gasteiger partial charge on any atom is -0.388 e. The van der Waals surface area contributed by atoms with Gasteiger partial charge in [-0.25, -0.2) is 13.4 Å². The third-order valence-electron chi connectivity index (χ3n) is 2.48. The average molecular weight is 215 g/mol. The second-order valence-electron chi connectivity index (χ2n) is 3.49. The molecule has 0 spiro atoms. The molecule has 0 saturated carbocycles. The van der Waals surface area contributed by atoms with Crippen molar-refractivity contribution in [1.29, 1.82) is 0 Å². The van der Waals surface area contributed by atoms with E-state index >= 15 is 0 Å². The predicted octanol–water partition coefficient (Wildman–Crippen LogP) is 0.0143. The second kappa shape index (κ2) is 3.27. The summed E-state index contributed by atoms with van der Waals surface area (Å²) in [7, 11) is -3.45. The van der Waals surface area contributed by atoms with Gasteiger partial charge in [-0.15, -0.1) is 0 Å². The van der Waals surface area contributed by atoms with E-state index in [-0.39, 0.29) is 10.2 Å². The van der Waals surface area contributed by atoms with E-state index in [1.165, 1.54) is 6.20 Å². The van der Waals surface area contributed by atoms with E-state index in [1.54, 1.807) is 4.90 Å². The molecule has 6 heteroatoms. The van der Waals surface area contributed by atoms with Crippen molar-refractivity contribution in [3.8, 4) is 0 Å². The van der Waals surface area contributed by atoms with Crippen LogP contribution >= 0.6 is 0 Å². The maximum Gasteiger partial charge on any atom is 0.255 e. The summed E-state index contributed by atoms with van der Waals surface area (Å²) >= 11 is 0. The molecule has 0 aromatic rings. The number of likely N-dealkylation sites (tertiary alicyclic amines) is 1. The Morgan fingerprint density at radius 3 is 2.43 bits per heavy atom. The van der Waals surface area contributed by atoms with Crippen LogP contribution in [-0.2, 0) is 9.84 Å². The molecule has 78 valence electrons. The first kappa shape index (κ1) is 9.51. The van der Waals surface area contributed by atoms with Crippen molar-refractivity contribution in [3.05, 3.63) is 11.2 Å². The van der Waals surface area contributed by atoms with E-state index in [1.807, 2.05) is 0 Å². The second-order valence-corrected chi connectivity index (χ2v) is 5.34. The molecule has 0 aromatic heterocycles. The molecule has 14 heavy (non-hydrogen) atoms. The van der Waals surface area contributed by atoms with Crippen molar-refractivity contribution in [2.45, 2.75) is 19.3 Å². The van der Waals surface area contributed by atoms with Gasteiger partial charge < -0.3 is 10.6 Å². The third-order valence-corrected chi connectivity index (χ3v) is 4.05. The lowest BCUT2D eigenvalue weighted by atomic mass is 10.1. The fourth-order valence-corrected chi connectivity index (χ4v) is 2.82. The maximum atomic E-state index is 11.6. The monoisotopic (exact) mass is 215 g/mol. The van der Waals surface area contributed by atoms with Gasteiger partial charge in [-0.1, -0.05) is 0 Å². The van der Waals surface area contributed by atoms with E-state index < -0.39 is 9.84 Å². The Bertz CT molecular complexity index is 391. The minimum atomic E-state index is -3.45. The number of hydrogen-bond acceptors (Lipinski definition) is 5. The van der Waals surface area contributed by atoms with E-state index in [4.69, 9.17) is 5.73 Å². The number of aliphatic imine (C=N–C) groups is 1. The van der Waals surface area contributed by atoms with Gasteiger partial charge >= 0.3 is 0 Å². The average Bonchev–Trinajstić information content (AvgIpc) is 2.44. The van der Waals surface area contributed by atoms with Crippen molar-refractivity contribution in [1.82, 2.24) is 4.90 Å². The highest BCUT2D eigenvalue weighted by molar-refractivity contribution is 8.09. The standard InChI is InChI=1S/C8H13N3O2S/c9-7-6-10-8(14(7,12)13)11-4-2-1-3-5-11/h6H,1-5,9H2. The zero-order chi connectivity index (χ0) is 10.2. The number of amidine groups is 1. The van der Waals surface area contributed by atoms with Gasteiger partial charge in [0.25, 0.3) is 9.84 Å². The molecule has 1 fully saturated rings. The van der Waals surface area contributed by atoms with Gasteiger partial charge in [-0.3, -0.25) is 0 Å². The molecule has 0 aliphatic carbocycles. The Kier molecular flexibility index (Phi) is 2.22. The summed E-state index contributed by atoms with van der Waals surface area (Å²) < 4.78 is 23.3. The van der Waals surface area contributed by atoms with E-state index in [0.717, 1.165) is 32.4 Å². The molecule has 0 aromatic carbocycles. The number of nitrogens with two attached hydrogens (primary N) is 1. The summed E-state index contributed by atoms with van der Waals surface area (Å²) in [6.07, 6.45) is 4.43. The van der Waals surface area contributed by atoms with Gasteiger partial charge in [-0.2, -0.15) is 0 Å². The number of sulfone groups is 1. The minimum absolute atomic E-state index is 0.134. The summed E-state index contributed by atoms with van der Waals surface area (Å²) in [5.41, 5.74) is 5.34. The van der Waals surface area contributed by atoms with Crippen LogP contribution in [0.25, 0.3) is 0 Å². The van der Waals surface area contributed by atoms with Crippen LogP contribution in [0.2, 0.25) is 0 Å². The molecular formula is C8H13N3O2S. The van der Waals surface area contributed by atoms with Gasteiger partial charge in [0.2, 0.25) is 5.17 Å². The first-order valence-electron chi connectivity index (χ1n) is 4.66. The van der Waals surface area contributed by atoms with Gasteiger partial charge in [0, 0.05) is 13.1 Å². The summed E-state index contributed by atoms with van der Waals surface area (Å²) in [4.78, 5) is 5.66. The van der Waals surface area contributed by atoms with Gasteiger partial charge in [-0.05, 0) is 19.3 Å². The molecule has 2 aliphatic heterocycles. The largest absolute Gasteiger partial charge is 0.388 e. The number of nitrogens with zero attached hydrogens (tertiary/aromatic N) is 2. The number of piperidine rings is 1.